The first-order chi connectivity index (χ1) is 8.45. The van der Waals surface area contributed by atoms with Crippen LogP contribution in [-0.4, -0.2) is 41.4 Å². The number of nitrogens with two attached hydrogens (primary N) is 1. The van der Waals surface area contributed by atoms with E-state index in [0.29, 0.717) is 19.0 Å². The monoisotopic (exact) mass is 272 g/mol. The van der Waals surface area contributed by atoms with Crippen molar-refractivity contribution in [1.82, 2.24) is 13.9 Å². The van der Waals surface area contributed by atoms with Crippen LogP contribution in [-0.2, 0) is 17.1 Å². The number of aryl methyl sites for hydroxylation is 1. The summed E-state index contributed by atoms with van der Waals surface area (Å²) in [6, 6.07) is -0.110. The molecule has 1 fully saturated rings. The quantitative estimate of drug-likeness (QED) is 0.850. The Bertz CT molecular complexity index is 511. The molecule has 2 atom stereocenters. The van der Waals surface area contributed by atoms with Crippen LogP contribution < -0.4 is 5.73 Å². The minimum Gasteiger partial charge on any atom is -0.339 e. The minimum absolute atomic E-state index is 0.109. The van der Waals surface area contributed by atoms with Crippen molar-refractivity contribution in [3.63, 3.8) is 0 Å². The SMILES string of the molecule is CC1CCN(S(=O)(=O)c2cn(C)cn2)C(CN)C1. The van der Waals surface area contributed by atoms with Gasteiger partial charge < -0.3 is 10.3 Å². The summed E-state index contributed by atoms with van der Waals surface area (Å²) in [5, 5.41) is 0.109. The summed E-state index contributed by atoms with van der Waals surface area (Å²) < 4.78 is 28.1. The van der Waals surface area contributed by atoms with Gasteiger partial charge in [0.2, 0.25) is 0 Å². The molecule has 0 aromatic carbocycles. The van der Waals surface area contributed by atoms with Gasteiger partial charge in [0.15, 0.2) is 5.03 Å². The topological polar surface area (TPSA) is 81.2 Å². The molecule has 1 saturated heterocycles. The first-order valence-electron chi connectivity index (χ1n) is 6.15. The Hall–Kier alpha value is -0.920. The highest BCUT2D eigenvalue weighted by Crippen LogP contribution is 2.27. The maximum absolute atomic E-state index is 12.5. The molecule has 0 radical (unpaired) electrons. The Morgan fingerprint density at radius 1 is 1.56 bits per heavy atom. The molecule has 0 aliphatic carbocycles. The van der Waals surface area contributed by atoms with Crippen LogP contribution in [0.5, 0.6) is 0 Å². The van der Waals surface area contributed by atoms with Crippen LogP contribution in [0.2, 0.25) is 0 Å². The Balaban J connectivity index is 2.29. The van der Waals surface area contributed by atoms with E-state index in [9.17, 15) is 8.42 Å². The summed E-state index contributed by atoms with van der Waals surface area (Å²) in [6.07, 6.45) is 4.73. The second-order valence-corrected chi connectivity index (χ2v) is 6.85. The van der Waals surface area contributed by atoms with E-state index in [1.54, 1.807) is 11.6 Å². The molecule has 2 unspecified atom stereocenters. The van der Waals surface area contributed by atoms with Gasteiger partial charge >= 0.3 is 0 Å². The molecule has 1 aromatic heterocycles. The molecule has 0 saturated carbocycles. The van der Waals surface area contributed by atoms with E-state index in [1.165, 1.54) is 16.8 Å². The molecule has 1 aliphatic heterocycles. The van der Waals surface area contributed by atoms with Crippen molar-refractivity contribution in [3.8, 4) is 0 Å². The maximum atomic E-state index is 12.5. The summed E-state index contributed by atoms with van der Waals surface area (Å²) in [5.74, 6) is 0.522. The predicted molar refractivity (Wildman–Crippen MR) is 68.3 cm³/mol. The molecular formula is C11H20N4O2S. The molecular weight excluding hydrogens is 252 g/mol. The lowest BCUT2D eigenvalue weighted by atomic mass is 9.94. The fraction of sp³-hybridized carbons (Fsp3) is 0.727. The molecule has 1 aromatic rings. The second kappa shape index (κ2) is 4.99. The number of nitrogens with zero attached hydrogens (tertiary/aromatic N) is 3. The van der Waals surface area contributed by atoms with Gasteiger partial charge in [-0.05, 0) is 18.8 Å². The van der Waals surface area contributed by atoms with Gasteiger partial charge in [-0.1, -0.05) is 6.92 Å². The van der Waals surface area contributed by atoms with Gasteiger partial charge in [-0.25, -0.2) is 13.4 Å². The van der Waals surface area contributed by atoms with Gasteiger partial charge in [0, 0.05) is 32.4 Å². The molecule has 1 aliphatic rings. The van der Waals surface area contributed by atoms with Crippen LogP contribution in [0.3, 0.4) is 0 Å². The van der Waals surface area contributed by atoms with Gasteiger partial charge in [0.1, 0.15) is 0 Å². The Labute approximate surface area is 108 Å². The smallest absolute Gasteiger partial charge is 0.262 e. The zero-order valence-corrected chi connectivity index (χ0v) is 11.6. The predicted octanol–water partition coefficient (Wildman–Crippen LogP) is 0.168. The summed E-state index contributed by atoms with van der Waals surface area (Å²) >= 11 is 0. The molecule has 7 heteroatoms. The van der Waals surface area contributed by atoms with Crippen LogP contribution in [0.4, 0.5) is 0 Å². The summed E-state index contributed by atoms with van der Waals surface area (Å²) in [6.45, 7) is 3.02. The lowest BCUT2D eigenvalue weighted by molar-refractivity contribution is 0.210. The zero-order valence-electron chi connectivity index (χ0n) is 10.8. The highest BCUT2D eigenvalue weighted by atomic mass is 32.2. The highest BCUT2D eigenvalue weighted by Gasteiger charge is 2.35. The van der Waals surface area contributed by atoms with Crippen LogP contribution in [0.15, 0.2) is 17.6 Å². The maximum Gasteiger partial charge on any atom is 0.262 e. The molecule has 0 amide bonds. The molecule has 0 spiro atoms. The lowest BCUT2D eigenvalue weighted by Gasteiger charge is -2.36. The number of aromatic nitrogens is 2. The van der Waals surface area contributed by atoms with Crippen molar-refractivity contribution in [2.45, 2.75) is 30.8 Å². The van der Waals surface area contributed by atoms with Crippen LogP contribution in [0, 0.1) is 5.92 Å². The average Bonchev–Trinajstić information content (AvgIpc) is 2.76. The number of imidazole rings is 1. The van der Waals surface area contributed by atoms with E-state index < -0.39 is 10.0 Å². The summed E-state index contributed by atoms with van der Waals surface area (Å²) in [4.78, 5) is 3.94. The summed E-state index contributed by atoms with van der Waals surface area (Å²) in [7, 11) is -1.75. The van der Waals surface area contributed by atoms with E-state index >= 15 is 0 Å². The Morgan fingerprint density at radius 3 is 2.83 bits per heavy atom. The molecule has 18 heavy (non-hydrogen) atoms. The fourth-order valence-corrected chi connectivity index (χ4v) is 4.03. The molecule has 6 nitrogen and oxygen atoms in total. The normalized spacial score (nSPS) is 26.4. The van der Waals surface area contributed by atoms with Gasteiger partial charge in [0.05, 0.1) is 6.33 Å². The molecule has 2 rings (SSSR count). The van der Waals surface area contributed by atoms with Gasteiger partial charge in [-0.15, -0.1) is 0 Å². The van der Waals surface area contributed by atoms with E-state index in [1.807, 2.05) is 0 Å². The van der Waals surface area contributed by atoms with Crippen molar-refractivity contribution in [3.05, 3.63) is 12.5 Å². The minimum atomic E-state index is -3.50. The van der Waals surface area contributed by atoms with Crippen LogP contribution >= 0.6 is 0 Å². The van der Waals surface area contributed by atoms with Gasteiger partial charge in [-0.2, -0.15) is 4.31 Å². The van der Waals surface area contributed by atoms with Gasteiger partial charge in [0.25, 0.3) is 10.0 Å². The number of hydrogen-bond acceptors (Lipinski definition) is 4. The first-order valence-corrected chi connectivity index (χ1v) is 7.59. The van der Waals surface area contributed by atoms with E-state index in [4.69, 9.17) is 5.73 Å². The first kappa shape index (κ1) is 13.5. The highest BCUT2D eigenvalue weighted by molar-refractivity contribution is 7.89. The van der Waals surface area contributed by atoms with Crippen molar-refractivity contribution < 1.29 is 8.42 Å². The van der Waals surface area contributed by atoms with E-state index in [2.05, 4.69) is 11.9 Å². The van der Waals surface area contributed by atoms with Crippen molar-refractivity contribution in [1.29, 1.82) is 0 Å². The molecule has 0 bridgehead atoms. The third-order valence-corrected chi connectivity index (χ3v) is 5.29. The van der Waals surface area contributed by atoms with Crippen LogP contribution in [0.1, 0.15) is 19.8 Å². The van der Waals surface area contributed by atoms with Crippen LogP contribution in [0.25, 0.3) is 0 Å². The summed E-state index contributed by atoms with van der Waals surface area (Å²) in [5.41, 5.74) is 5.70. The number of sulfonamides is 1. The Kier molecular flexibility index (Phi) is 3.74. The Morgan fingerprint density at radius 2 is 2.28 bits per heavy atom. The molecule has 102 valence electrons. The molecule has 2 N–H and O–H groups in total. The third kappa shape index (κ3) is 2.43. The third-order valence-electron chi connectivity index (χ3n) is 3.45. The van der Waals surface area contributed by atoms with Crippen molar-refractivity contribution >= 4 is 10.0 Å². The second-order valence-electron chi connectivity index (χ2n) is 5.01. The molecule has 2 heterocycles. The standard InChI is InChI=1S/C11H20N4O2S/c1-9-3-4-15(10(5-9)6-12)18(16,17)11-7-14(2)8-13-11/h7-10H,3-6,12H2,1-2H3. The zero-order chi connectivity index (χ0) is 13.3. The van der Waals surface area contributed by atoms with E-state index in [0.717, 1.165) is 12.8 Å². The number of hydrogen-bond donors (Lipinski definition) is 1. The van der Waals surface area contributed by atoms with Crippen molar-refractivity contribution in [2.24, 2.45) is 18.7 Å². The van der Waals surface area contributed by atoms with E-state index in [-0.39, 0.29) is 11.1 Å². The number of rotatable bonds is 3. The van der Waals surface area contributed by atoms with Crippen molar-refractivity contribution in [2.75, 3.05) is 13.1 Å². The average molecular weight is 272 g/mol. The number of piperidine rings is 1. The lowest BCUT2D eigenvalue weighted by Crippen LogP contribution is -2.49. The van der Waals surface area contributed by atoms with Gasteiger partial charge in [-0.3, -0.25) is 0 Å². The largest absolute Gasteiger partial charge is 0.339 e. The fourth-order valence-electron chi connectivity index (χ4n) is 2.40.